The standard InChI is InChI=1S/C14H14N4OS/c1-8-3-4-10(7-9(8)2)19-12-11-5-6-20-13(11)17-14(16-12)18-15/h3-7H,15H2,1-2H3,(H,16,17,18). The lowest BCUT2D eigenvalue weighted by Crippen LogP contribution is -2.10. The summed E-state index contributed by atoms with van der Waals surface area (Å²) in [7, 11) is 0. The summed E-state index contributed by atoms with van der Waals surface area (Å²) in [6.45, 7) is 4.12. The largest absolute Gasteiger partial charge is 0.438 e. The van der Waals surface area contributed by atoms with Crippen LogP contribution in [0.2, 0.25) is 0 Å². The van der Waals surface area contributed by atoms with Crippen LogP contribution in [0.1, 0.15) is 11.1 Å². The SMILES string of the molecule is Cc1ccc(Oc2nc(NN)nc3sccc23)cc1C. The number of aromatic nitrogens is 2. The number of hydrogen-bond acceptors (Lipinski definition) is 6. The minimum atomic E-state index is 0.346. The second-order valence-electron chi connectivity index (χ2n) is 4.48. The van der Waals surface area contributed by atoms with E-state index in [1.165, 1.54) is 22.5 Å². The number of rotatable bonds is 3. The average Bonchev–Trinajstić information content (AvgIpc) is 2.91. The zero-order chi connectivity index (χ0) is 14.1. The van der Waals surface area contributed by atoms with Gasteiger partial charge in [-0.2, -0.15) is 4.98 Å². The van der Waals surface area contributed by atoms with E-state index in [2.05, 4.69) is 29.2 Å². The fourth-order valence-electron chi connectivity index (χ4n) is 1.86. The lowest BCUT2D eigenvalue weighted by Gasteiger charge is -2.09. The van der Waals surface area contributed by atoms with Gasteiger partial charge in [-0.25, -0.2) is 10.8 Å². The van der Waals surface area contributed by atoms with Gasteiger partial charge in [-0.1, -0.05) is 6.07 Å². The van der Waals surface area contributed by atoms with E-state index in [4.69, 9.17) is 10.6 Å². The Bertz CT molecular complexity index is 769. The minimum Gasteiger partial charge on any atom is -0.438 e. The predicted octanol–water partition coefficient (Wildman–Crippen LogP) is 3.39. The molecular formula is C14H14N4OS. The molecule has 3 aromatic rings. The number of ether oxygens (including phenoxy) is 1. The summed E-state index contributed by atoms with van der Waals surface area (Å²) in [6, 6.07) is 7.89. The molecule has 0 amide bonds. The van der Waals surface area contributed by atoms with Crippen LogP contribution in [0.4, 0.5) is 5.95 Å². The predicted molar refractivity (Wildman–Crippen MR) is 81.2 cm³/mol. The van der Waals surface area contributed by atoms with Gasteiger partial charge in [0.25, 0.3) is 0 Å². The van der Waals surface area contributed by atoms with Gasteiger partial charge in [0.2, 0.25) is 11.8 Å². The van der Waals surface area contributed by atoms with Crippen molar-refractivity contribution in [3.63, 3.8) is 0 Å². The minimum absolute atomic E-state index is 0.346. The molecule has 3 rings (SSSR count). The molecule has 0 aliphatic rings. The Hall–Kier alpha value is -2.18. The van der Waals surface area contributed by atoms with Crippen molar-refractivity contribution in [2.75, 3.05) is 5.43 Å². The van der Waals surface area contributed by atoms with Crippen LogP contribution in [0.3, 0.4) is 0 Å². The topological polar surface area (TPSA) is 73.1 Å². The van der Waals surface area contributed by atoms with Gasteiger partial charge in [0.1, 0.15) is 10.6 Å². The second kappa shape index (κ2) is 5.07. The van der Waals surface area contributed by atoms with Crippen LogP contribution >= 0.6 is 11.3 Å². The molecule has 2 heterocycles. The molecule has 2 aromatic heterocycles. The van der Waals surface area contributed by atoms with E-state index in [9.17, 15) is 0 Å². The number of hydrazine groups is 1. The first-order chi connectivity index (χ1) is 9.67. The molecule has 0 radical (unpaired) electrons. The molecule has 0 saturated heterocycles. The summed E-state index contributed by atoms with van der Waals surface area (Å²) < 4.78 is 5.89. The van der Waals surface area contributed by atoms with Crippen LogP contribution in [0.5, 0.6) is 11.6 Å². The number of thiophene rings is 1. The summed E-state index contributed by atoms with van der Waals surface area (Å²) in [5.74, 6) is 7.00. The molecule has 0 unspecified atom stereocenters. The molecule has 0 bridgehead atoms. The Morgan fingerprint density at radius 1 is 1.15 bits per heavy atom. The maximum absolute atomic E-state index is 5.89. The first kappa shape index (κ1) is 12.8. The zero-order valence-corrected chi connectivity index (χ0v) is 12.0. The van der Waals surface area contributed by atoms with Gasteiger partial charge in [-0.15, -0.1) is 11.3 Å². The van der Waals surface area contributed by atoms with Crippen molar-refractivity contribution < 1.29 is 4.74 Å². The van der Waals surface area contributed by atoms with Crippen LogP contribution in [-0.4, -0.2) is 9.97 Å². The van der Waals surface area contributed by atoms with Crippen molar-refractivity contribution in [1.82, 2.24) is 9.97 Å². The molecule has 3 N–H and O–H groups in total. The molecule has 20 heavy (non-hydrogen) atoms. The number of nitrogen functional groups attached to an aromatic ring is 1. The maximum Gasteiger partial charge on any atom is 0.241 e. The van der Waals surface area contributed by atoms with Gasteiger partial charge < -0.3 is 4.74 Å². The highest BCUT2D eigenvalue weighted by Gasteiger charge is 2.11. The highest BCUT2D eigenvalue weighted by atomic mass is 32.1. The molecule has 0 aliphatic heterocycles. The zero-order valence-electron chi connectivity index (χ0n) is 11.2. The van der Waals surface area contributed by atoms with Gasteiger partial charge >= 0.3 is 0 Å². The number of nitrogens with one attached hydrogen (secondary N) is 1. The first-order valence-corrected chi connectivity index (χ1v) is 7.02. The van der Waals surface area contributed by atoms with Crippen LogP contribution < -0.4 is 16.0 Å². The number of aryl methyl sites for hydroxylation is 2. The fourth-order valence-corrected chi connectivity index (χ4v) is 2.61. The highest BCUT2D eigenvalue weighted by Crippen LogP contribution is 2.31. The van der Waals surface area contributed by atoms with Gasteiger partial charge in [-0.3, -0.25) is 5.43 Å². The van der Waals surface area contributed by atoms with Crippen LogP contribution in [0.25, 0.3) is 10.2 Å². The molecule has 5 nitrogen and oxygen atoms in total. The molecule has 1 aromatic carbocycles. The van der Waals surface area contributed by atoms with E-state index in [1.54, 1.807) is 0 Å². The summed E-state index contributed by atoms with van der Waals surface area (Å²) in [6.07, 6.45) is 0. The Labute approximate surface area is 120 Å². The smallest absolute Gasteiger partial charge is 0.241 e. The third-order valence-electron chi connectivity index (χ3n) is 3.11. The van der Waals surface area contributed by atoms with Crippen molar-refractivity contribution in [1.29, 1.82) is 0 Å². The van der Waals surface area contributed by atoms with Crippen molar-refractivity contribution >= 4 is 27.5 Å². The average molecular weight is 286 g/mol. The Morgan fingerprint density at radius 2 is 2.00 bits per heavy atom. The number of benzene rings is 1. The van der Waals surface area contributed by atoms with Crippen molar-refractivity contribution in [3.05, 3.63) is 40.8 Å². The maximum atomic E-state index is 5.89. The third kappa shape index (κ3) is 2.31. The second-order valence-corrected chi connectivity index (χ2v) is 5.38. The van der Waals surface area contributed by atoms with Crippen LogP contribution in [0, 0.1) is 13.8 Å². The van der Waals surface area contributed by atoms with Gasteiger partial charge in [0.05, 0.1) is 5.39 Å². The van der Waals surface area contributed by atoms with E-state index in [0.29, 0.717) is 11.8 Å². The molecule has 0 fully saturated rings. The molecule has 0 saturated carbocycles. The number of nitrogens with two attached hydrogens (primary N) is 1. The van der Waals surface area contributed by atoms with E-state index in [0.717, 1.165) is 16.0 Å². The number of fused-ring (bicyclic) bond motifs is 1. The van der Waals surface area contributed by atoms with Crippen molar-refractivity contribution in [3.8, 4) is 11.6 Å². The van der Waals surface area contributed by atoms with Crippen molar-refractivity contribution in [2.24, 2.45) is 5.84 Å². The number of nitrogens with zero attached hydrogens (tertiary/aromatic N) is 2. The fraction of sp³-hybridized carbons (Fsp3) is 0.143. The van der Waals surface area contributed by atoms with Gasteiger partial charge in [0, 0.05) is 0 Å². The molecular weight excluding hydrogens is 272 g/mol. The first-order valence-electron chi connectivity index (χ1n) is 6.14. The summed E-state index contributed by atoms with van der Waals surface area (Å²) in [5.41, 5.74) is 4.86. The lowest BCUT2D eigenvalue weighted by molar-refractivity contribution is 0.468. The number of hydrogen-bond donors (Lipinski definition) is 2. The van der Waals surface area contributed by atoms with Gasteiger partial charge in [-0.05, 0) is 48.6 Å². The quantitative estimate of drug-likeness (QED) is 0.570. The molecule has 0 atom stereocenters. The summed E-state index contributed by atoms with van der Waals surface area (Å²) >= 11 is 1.52. The van der Waals surface area contributed by atoms with Crippen LogP contribution in [-0.2, 0) is 0 Å². The Kier molecular flexibility index (Phi) is 3.25. The van der Waals surface area contributed by atoms with E-state index in [1.807, 2.05) is 29.6 Å². The summed E-state index contributed by atoms with van der Waals surface area (Å²) in [4.78, 5) is 9.39. The number of anilines is 1. The highest BCUT2D eigenvalue weighted by molar-refractivity contribution is 7.16. The summed E-state index contributed by atoms with van der Waals surface area (Å²) in [5, 5.41) is 2.83. The van der Waals surface area contributed by atoms with Gasteiger partial charge in [0.15, 0.2) is 0 Å². The van der Waals surface area contributed by atoms with Crippen LogP contribution in [0.15, 0.2) is 29.6 Å². The third-order valence-corrected chi connectivity index (χ3v) is 3.92. The Balaban J connectivity index is 2.04. The molecule has 0 spiro atoms. The normalized spacial score (nSPS) is 10.8. The Morgan fingerprint density at radius 3 is 2.75 bits per heavy atom. The monoisotopic (exact) mass is 286 g/mol. The van der Waals surface area contributed by atoms with E-state index in [-0.39, 0.29) is 0 Å². The van der Waals surface area contributed by atoms with E-state index < -0.39 is 0 Å². The lowest BCUT2D eigenvalue weighted by atomic mass is 10.1. The molecule has 102 valence electrons. The molecule has 6 heteroatoms. The van der Waals surface area contributed by atoms with E-state index >= 15 is 0 Å². The van der Waals surface area contributed by atoms with Crippen molar-refractivity contribution in [2.45, 2.75) is 13.8 Å². The molecule has 0 aliphatic carbocycles.